The summed E-state index contributed by atoms with van der Waals surface area (Å²) in [6.07, 6.45) is -0.148. The summed E-state index contributed by atoms with van der Waals surface area (Å²) in [6, 6.07) is 5.97. The van der Waals surface area contributed by atoms with Gasteiger partial charge in [0.15, 0.2) is 11.6 Å². The Labute approximate surface area is 147 Å². The second-order valence-corrected chi connectivity index (χ2v) is 5.79. The summed E-state index contributed by atoms with van der Waals surface area (Å²) < 4.78 is 39.1. The minimum atomic E-state index is -1.35. The molecule has 26 heavy (non-hydrogen) atoms. The number of carboxylic acids is 1. The number of halogens is 3. The van der Waals surface area contributed by atoms with E-state index >= 15 is 0 Å². The Morgan fingerprint density at radius 1 is 0.962 bits per heavy atom. The maximum Gasteiger partial charge on any atom is 0.326 e. The molecule has 0 bridgehead atoms. The van der Waals surface area contributed by atoms with E-state index in [0.717, 1.165) is 12.1 Å². The Bertz CT molecular complexity index is 797. The molecule has 1 amide bonds. The van der Waals surface area contributed by atoms with Gasteiger partial charge in [-0.05, 0) is 41.8 Å². The van der Waals surface area contributed by atoms with Crippen molar-refractivity contribution in [2.45, 2.75) is 24.9 Å². The van der Waals surface area contributed by atoms with Gasteiger partial charge in [-0.15, -0.1) is 0 Å². The van der Waals surface area contributed by atoms with Crippen LogP contribution in [0.3, 0.4) is 0 Å². The molecule has 0 aliphatic rings. The zero-order chi connectivity index (χ0) is 19.3. The predicted octanol–water partition coefficient (Wildman–Crippen LogP) is 1.79. The molecule has 0 aromatic heterocycles. The van der Waals surface area contributed by atoms with Crippen molar-refractivity contribution in [2.24, 2.45) is 5.73 Å². The normalized spacial score (nSPS) is 13.1. The number of rotatable bonds is 7. The third-order valence-corrected chi connectivity index (χ3v) is 3.74. The molecule has 4 N–H and O–H groups in total. The Hall–Kier alpha value is -2.87. The first-order valence-electron chi connectivity index (χ1n) is 7.73. The minimum absolute atomic E-state index is 0.0869. The van der Waals surface area contributed by atoms with Gasteiger partial charge in [0, 0.05) is 6.42 Å². The summed E-state index contributed by atoms with van der Waals surface area (Å²) in [4.78, 5) is 23.5. The average Bonchev–Trinajstić information content (AvgIpc) is 2.59. The lowest BCUT2D eigenvalue weighted by molar-refractivity contribution is -0.141. The number of amides is 1. The third kappa shape index (κ3) is 5.32. The van der Waals surface area contributed by atoms with Crippen LogP contribution in [-0.2, 0) is 22.4 Å². The smallest absolute Gasteiger partial charge is 0.326 e. The van der Waals surface area contributed by atoms with Crippen LogP contribution in [0, 0.1) is 17.5 Å². The second-order valence-electron chi connectivity index (χ2n) is 5.79. The van der Waals surface area contributed by atoms with Crippen LogP contribution in [0.5, 0.6) is 0 Å². The van der Waals surface area contributed by atoms with Crippen LogP contribution in [0.15, 0.2) is 42.5 Å². The summed E-state index contributed by atoms with van der Waals surface area (Å²) in [5.41, 5.74) is 6.59. The van der Waals surface area contributed by atoms with Gasteiger partial charge in [0.1, 0.15) is 11.9 Å². The Kier molecular flexibility index (Phi) is 6.35. The van der Waals surface area contributed by atoms with E-state index in [1.165, 1.54) is 30.3 Å². The molecule has 0 saturated carbocycles. The molecular formula is C18H17F3N2O3. The first kappa shape index (κ1) is 19.5. The highest BCUT2D eigenvalue weighted by Gasteiger charge is 2.24. The summed E-state index contributed by atoms with van der Waals surface area (Å²) in [5.74, 6) is -4.64. The van der Waals surface area contributed by atoms with E-state index in [1.54, 1.807) is 0 Å². The number of carboxylic acid groups (broad SMARTS) is 1. The van der Waals surface area contributed by atoms with Crippen molar-refractivity contribution in [3.63, 3.8) is 0 Å². The van der Waals surface area contributed by atoms with Crippen molar-refractivity contribution >= 4 is 11.9 Å². The van der Waals surface area contributed by atoms with Gasteiger partial charge in [0.25, 0.3) is 0 Å². The van der Waals surface area contributed by atoms with Crippen LogP contribution in [-0.4, -0.2) is 29.1 Å². The molecule has 0 spiro atoms. The topological polar surface area (TPSA) is 92.4 Å². The Morgan fingerprint density at radius 3 is 2.15 bits per heavy atom. The Balaban J connectivity index is 2.01. The predicted molar refractivity (Wildman–Crippen MR) is 87.7 cm³/mol. The largest absolute Gasteiger partial charge is 0.480 e. The zero-order valence-corrected chi connectivity index (χ0v) is 13.6. The van der Waals surface area contributed by atoms with E-state index < -0.39 is 41.4 Å². The molecule has 0 saturated heterocycles. The van der Waals surface area contributed by atoms with Gasteiger partial charge in [-0.1, -0.05) is 18.2 Å². The van der Waals surface area contributed by atoms with Crippen molar-refractivity contribution < 1.29 is 27.9 Å². The third-order valence-electron chi connectivity index (χ3n) is 3.74. The maximum absolute atomic E-state index is 13.2. The first-order valence-corrected chi connectivity index (χ1v) is 7.73. The van der Waals surface area contributed by atoms with Crippen LogP contribution in [0.25, 0.3) is 0 Å². The molecule has 2 rings (SSSR count). The lowest BCUT2D eigenvalue weighted by atomic mass is 10.0. The van der Waals surface area contributed by atoms with Crippen molar-refractivity contribution in [3.05, 3.63) is 71.0 Å². The van der Waals surface area contributed by atoms with Gasteiger partial charge in [0.05, 0.1) is 6.04 Å². The molecule has 2 aromatic rings. The standard InChI is InChI=1S/C18H17F3N2O3/c19-12-4-1-10(2-5-12)8-15(22)17(24)23-16(18(25)26)9-11-3-6-13(20)14(21)7-11/h1-7,15-16H,8-9,22H2,(H,23,24)(H,25,26)/t15?,16-/m0/s1. The van der Waals surface area contributed by atoms with Crippen molar-refractivity contribution in [1.29, 1.82) is 0 Å². The fourth-order valence-corrected chi connectivity index (χ4v) is 2.35. The number of carbonyl (C=O) groups excluding carboxylic acids is 1. The molecule has 0 radical (unpaired) electrons. The number of hydrogen-bond acceptors (Lipinski definition) is 3. The van der Waals surface area contributed by atoms with E-state index in [9.17, 15) is 27.9 Å². The summed E-state index contributed by atoms with van der Waals surface area (Å²) in [6.45, 7) is 0. The zero-order valence-electron chi connectivity index (χ0n) is 13.6. The summed E-state index contributed by atoms with van der Waals surface area (Å²) in [7, 11) is 0. The molecule has 2 atom stereocenters. The van der Waals surface area contributed by atoms with Crippen LogP contribution in [0.2, 0.25) is 0 Å². The van der Waals surface area contributed by atoms with Gasteiger partial charge in [-0.2, -0.15) is 0 Å². The highest BCUT2D eigenvalue weighted by Crippen LogP contribution is 2.11. The van der Waals surface area contributed by atoms with E-state index in [1.807, 2.05) is 0 Å². The molecule has 8 heteroatoms. The highest BCUT2D eigenvalue weighted by atomic mass is 19.2. The van der Waals surface area contributed by atoms with Gasteiger partial charge < -0.3 is 16.2 Å². The SMILES string of the molecule is NC(Cc1ccc(F)cc1)C(=O)N[C@@H](Cc1ccc(F)c(F)c1)C(=O)O. The number of carbonyl (C=O) groups is 2. The van der Waals surface area contributed by atoms with Gasteiger partial charge in [-0.3, -0.25) is 4.79 Å². The number of aliphatic carboxylic acids is 1. The number of nitrogens with two attached hydrogens (primary N) is 1. The number of hydrogen-bond donors (Lipinski definition) is 3. The van der Waals surface area contributed by atoms with E-state index in [2.05, 4.69) is 5.32 Å². The Morgan fingerprint density at radius 2 is 1.58 bits per heavy atom. The van der Waals surface area contributed by atoms with Crippen molar-refractivity contribution in [3.8, 4) is 0 Å². The van der Waals surface area contributed by atoms with Gasteiger partial charge in [0.2, 0.25) is 5.91 Å². The molecule has 138 valence electrons. The highest BCUT2D eigenvalue weighted by molar-refractivity contribution is 5.87. The van der Waals surface area contributed by atoms with Crippen LogP contribution >= 0.6 is 0 Å². The lowest BCUT2D eigenvalue weighted by Crippen LogP contribution is -2.50. The quantitative estimate of drug-likeness (QED) is 0.697. The maximum atomic E-state index is 13.2. The van der Waals surface area contributed by atoms with E-state index in [-0.39, 0.29) is 18.4 Å². The average molecular weight is 366 g/mol. The van der Waals surface area contributed by atoms with Crippen molar-refractivity contribution in [2.75, 3.05) is 0 Å². The molecular weight excluding hydrogens is 349 g/mol. The van der Waals surface area contributed by atoms with E-state index in [0.29, 0.717) is 5.56 Å². The number of nitrogens with one attached hydrogen (secondary N) is 1. The fourth-order valence-electron chi connectivity index (χ4n) is 2.35. The molecule has 1 unspecified atom stereocenters. The van der Waals surface area contributed by atoms with E-state index in [4.69, 9.17) is 5.73 Å². The molecule has 0 fully saturated rings. The molecule has 0 aliphatic carbocycles. The molecule has 0 heterocycles. The fraction of sp³-hybridized carbons (Fsp3) is 0.222. The van der Waals surface area contributed by atoms with Crippen LogP contribution in [0.4, 0.5) is 13.2 Å². The molecule has 5 nitrogen and oxygen atoms in total. The summed E-state index contributed by atoms with van der Waals surface area (Å²) in [5, 5.41) is 11.5. The monoisotopic (exact) mass is 366 g/mol. The summed E-state index contributed by atoms with van der Waals surface area (Å²) >= 11 is 0. The second kappa shape index (κ2) is 8.48. The van der Waals surface area contributed by atoms with Gasteiger partial charge in [-0.25, -0.2) is 18.0 Å². The van der Waals surface area contributed by atoms with Crippen molar-refractivity contribution in [1.82, 2.24) is 5.32 Å². The molecule has 0 aliphatic heterocycles. The van der Waals surface area contributed by atoms with Gasteiger partial charge >= 0.3 is 5.97 Å². The molecule has 2 aromatic carbocycles. The first-order chi connectivity index (χ1) is 12.3. The lowest BCUT2D eigenvalue weighted by Gasteiger charge is -2.18. The number of benzene rings is 2. The van der Waals surface area contributed by atoms with Crippen LogP contribution in [0.1, 0.15) is 11.1 Å². The minimum Gasteiger partial charge on any atom is -0.480 e. The van der Waals surface area contributed by atoms with Crippen LogP contribution < -0.4 is 11.1 Å².